The van der Waals surface area contributed by atoms with Gasteiger partial charge in [-0.1, -0.05) is 29.3 Å². The summed E-state index contributed by atoms with van der Waals surface area (Å²) in [4.78, 5) is 2.13. The fourth-order valence-corrected chi connectivity index (χ4v) is 2.01. The summed E-state index contributed by atoms with van der Waals surface area (Å²) in [5.41, 5.74) is 7.73. The number of nitrogens with two attached hydrogens (primary N) is 1. The Hall–Kier alpha value is -0.740. The van der Waals surface area contributed by atoms with Gasteiger partial charge in [0.15, 0.2) is 0 Å². The molecule has 0 spiro atoms. The maximum atomic E-state index is 9.05. The molecule has 0 heterocycles. The van der Waals surface area contributed by atoms with Crippen LogP contribution in [0, 0.1) is 0 Å². The predicted octanol–water partition coefficient (Wildman–Crippen LogP) is 2.63. The average Bonchev–Trinajstić information content (AvgIpc) is 2.25. The van der Waals surface area contributed by atoms with Crippen LogP contribution in [-0.2, 0) is 0 Å². The number of unbranched alkanes of at least 4 members (excludes halogenated alkanes) is 1. The maximum absolute atomic E-state index is 9.05. The first-order valence-corrected chi connectivity index (χ1v) is 6.39. The van der Waals surface area contributed by atoms with E-state index in [4.69, 9.17) is 10.8 Å². The van der Waals surface area contributed by atoms with E-state index in [9.17, 15) is 0 Å². The number of anilines is 2. The molecule has 0 fully saturated rings. The molecule has 0 saturated heterocycles. The number of aliphatic hydroxyl groups is 1. The van der Waals surface area contributed by atoms with Gasteiger partial charge in [-0.25, -0.2) is 0 Å². The molecule has 16 heavy (non-hydrogen) atoms. The summed E-state index contributed by atoms with van der Waals surface area (Å²) in [6.45, 7) is 3.87. The van der Waals surface area contributed by atoms with Gasteiger partial charge in [0.05, 0.1) is 18.0 Å². The molecule has 4 heteroatoms. The topological polar surface area (TPSA) is 49.5 Å². The summed E-state index contributed by atoms with van der Waals surface area (Å²) in [5.74, 6) is 0. The predicted molar refractivity (Wildman–Crippen MR) is 72.8 cm³/mol. The third-order valence-electron chi connectivity index (χ3n) is 2.48. The molecule has 0 aliphatic rings. The third-order valence-corrected chi connectivity index (χ3v) is 2.98. The number of hydrogen-bond acceptors (Lipinski definition) is 3. The van der Waals surface area contributed by atoms with Crippen molar-refractivity contribution in [1.82, 2.24) is 0 Å². The Morgan fingerprint density at radius 1 is 1.38 bits per heavy atom. The van der Waals surface area contributed by atoms with Gasteiger partial charge >= 0.3 is 0 Å². The second-order valence-electron chi connectivity index (χ2n) is 3.77. The smallest absolute Gasteiger partial charge is 0.0606 e. The standard InChI is InChI=1S/C12H19BrN2O/c1-2-3-6-15(7-8-16)12-5-4-10(13)9-11(12)14/h4-5,9,16H,2-3,6-8,14H2,1H3. The van der Waals surface area contributed by atoms with Crippen LogP contribution < -0.4 is 10.6 Å². The van der Waals surface area contributed by atoms with Crippen molar-refractivity contribution in [2.75, 3.05) is 30.3 Å². The van der Waals surface area contributed by atoms with Gasteiger partial charge < -0.3 is 15.7 Å². The van der Waals surface area contributed by atoms with Gasteiger partial charge in [0.1, 0.15) is 0 Å². The number of nitrogens with zero attached hydrogens (tertiary/aromatic N) is 1. The van der Waals surface area contributed by atoms with Crippen LogP contribution in [-0.4, -0.2) is 24.8 Å². The van der Waals surface area contributed by atoms with Crippen molar-refractivity contribution in [3.05, 3.63) is 22.7 Å². The number of nitrogen functional groups attached to an aromatic ring is 1. The number of rotatable bonds is 6. The molecule has 1 aromatic rings. The van der Waals surface area contributed by atoms with E-state index in [1.807, 2.05) is 18.2 Å². The second-order valence-corrected chi connectivity index (χ2v) is 4.68. The van der Waals surface area contributed by atoms with Crippen LogP contribution in [0.1, 0.15) is 19.8 Å². The minimum atomic E-state index is 0.152. The van der Waals surface area contributed by atoms with Gasteiger partial charge in [-0.15, -0.1) is 0 Å². The Morgan fingerprint density at radius 3 is 2.69 bits per heavy atom. The number of aliphatic hydroxyl groups excluding tert-OH is 1. The van der Waals surface area contributed by atoms with Gasteiger partial charge in [0.2, 0.25) is 0 Å². The van der Waals surface area contributed by atoms with E-state index in [0.717, 1.165) is 35.2 Å². The Morgan fingerprint density at radius 2 is 2.12 bits per heavy atom. The molecule has 1 aromatic carbocycles. The summed E-state index contributed by atoms with van der Waals surface area (Å²) < 4.78 is 0.980. The van der Waals surface area contributed by atoms with Gasteiger partial charge in [-0.2, -0.15) is 0 Å². The lowest BCUT2D eigenvalue weighted by Gasteiger charge is -2.25. The molecule has 1 rings (SSSR count). The Bertz CT molecular complexity index is 331. The molecule has 90 valence electrons. The van der Waals surface area contributed by atoms with E-state index in [1.165, 1.54) is 0 Å². The number of halogens is 1. The van der Waals surface area contributed by atoms with Crippen molar-refractivity contribution >= 4 is 27.3 Å². The van der Waals surface area contributed by atoms with Crippen molar-refractivity contribution in [3.63, 3.8) is 0 Å². The zero-order chi connectivity index (χ0) is 12.0. The third kappa shape index (κ3) is 3.68. The molecule has 0 aromatic heterocycles. The van der Waals surface area contributed by atoms with Crippen LogP contribution in [0.5, 0.6) is 0 Å². The monoisotopic (exact) mass is 286 g/mol. The molecule has 0 aliphatic carbocycles. The van der Waals surface area contributed by atoms with E-state index in [-0.39, 0.29) is 6.61 Å². The lowest BCUT2D eigenvalue weighted by molar-refractivity contribution is 0.301. The highest BCUT2D eigenvalue weighted by atomic mass is 79.9. The van der Waals surface area contributed by atoms with Crippen LogP contribution in [0.15, 0.2) is 22.7 Å². The van der Waals surface area contributed by atoms with Crippen molar-refractivity contribution in [3.8, 4) is 0 Å². The van der Waals surface area contributed by atoms with E-state index in [1.54, 1.807) is 0 Å². The highest BCUT2D eigenvalue weighted by molar-refractivity contribution is 9.10. The van der Waals surface area contributed by atoms with Crippen molar-refractivity contribution in [2.45, 2.75) is 19.8 Å². The summed E-state index contributed by atoms with van der Waals surface area (Å²) in [6, 6.07) is 5.86. The Kier molecular flexibility index (Phi) is 5.63. The zero-order valence-corrected chi connectivity index (χ0v) is 11.2. The average molecular weight is 287 g/mol. The molecule has 0 bridgehead atoms. The van der Waals surface area contributed by atoms with Crippen molar-refractivity contribution in [1.29, 1.82) is 0 Å². The fourth-order valence-electron chi connectivity index (χ4n) is 1.64. The number of hydrogen-bond donors (Lipinski definition) is 2. The van der Waals surface area contributed by atoms with Crippen LogP contribution >= 0.6 is 15.9 Å². The molecule has 3 N–H and O–H groups in total. The Labute approximate surface area is 105 Å². The lowest BCUT2D eigenvalue weighted by atomic mass is 10.2. The van der Waals surface area contributed by atoms with Crippen LogP contribution in [0.4, 0.5) is 11.4 Å². The van der Waals surface area contributed by atoms with Gasteiger partial charge in [-0.3, -0.25) is 0 Å². The minimum Gasteiger partial charge on any atom is -0.397 e. The van der Waals surface area contributed by atoms with Gasteiger partial charge in [-0.05, 0) is 24.6 Å². The van der Waals surface area contributed by atoms with Gasteiger partial charge in [0.25, 0.3) is 0 Å². The van der Waals surface area contributed by atoms with Crippen LogP contribution in [0.2, 0.25) is 0 Å². The second kappa shape index (κ2) is 6.76. The number of benzene rings is 1. The van der Waals surface area contributed by atoms with E-state index in [2.05, 4.69) is 27.8 Å². The Balaban J connectivity index is 2.82. The normalized spacial score (nSPS) is 10.4. The summed E-state index contributed by atoms with van der Waals surface area (Å²) >= 11 is 3.39. The van der Waals surface area contributed by atoms with E-state index >= 15 is 0 Å². The molecule has 3 nitrogen and oxygen atoms in total. The first kappa shape index (κ1) is 13.3. The summed E-state index contributed by atoms with van der Waals surface area (Å²) in [5, 5.41) is 9.05. The molecule has 0 amide bonds. The molecule has 0 atom stereocenters. The molecule has 0 aliphatic heterocycles. The minimum absolute atomic E-state index is 0.152. The van der Waals surface area contributed by atoms with E-state index in [0.29, 0.717) is 6.54 Å². The fraction of sp³-hybridized carbons (Fsp3) is 0.500. The molecule has 0 unspecified atom stereocenters. The maximum Gasteiger partial charge on any atom is 0.0606 e. The summed E-state index contributed by atoms with van der Waals surface area (Å²) in [6.07, 6.45) is 2.24. The lowest BCUT2D eigenvalue weighted by Crippen LogP contribution is -2.28. The quantitative estimate of drug-likeness (QED) is 0.791. The highest BCUT2D eigenvalue weighted by Crippen LogP contribution is 2.26. The van der Waals surface area contributed by atoms with E-state index < -0.39 is 0 Å². The first-order chi connectivity index (χ1) is 7.69. The van der Waals surface area contributed by atoms with Crippen molar-refractivity contribution < 1.29 is 5.11 Å². The molecular weight excluding hydrogens is 268 g/mol. The van der Waals surface area contributed by atoms with Crippen LogP contribution in [0.3, 0.4) is 0 Å². The SMILES string of the molecule is CCCCN(CCO)c1ccc(Br)cc1N. The largest absolute Gasteiger partial charge is 0.397 e. The molecule has 0 radical (unpaired) electrons. The highest BCUT2D eigenvalue weighted by Gasteiger charge is 2.08. The van der Waals surface area contributed by atoms with Crippen molar-refractivity contribution in [2.24, 2.45) is 0 Å². The molecule has 0 saturated carbocycles. The van der Waals surface area contributed by atoms with Crippen LogP contribution in [0.25, 0.3) is 0 Å². The van der Waals surface area contributed by atoms with Gasteiger partial charge in [0, 0.05) is 17.6 Å². The zero-order valence-electron chi connectivity index (χ0n) is 9.62. The molecular formula is C12H19BrN2O. The summed E-state index contributed by atoms with van der Waals surface area (Å²) in [7, 11) is 0. The first-order valence-electron chi connectivity index (χ1n) is 5.60.